The highest BCUT2D eigenvalue weighted by molar-refractivity contribution is 6.18. The third kappa shape index (κ3) is 6.93. The van der Waals surface area contributed by atoms with Gasteiger partial charge in [0.25, 0.3) is 0 Å². The van der Waals surface area contributed by atoms with E-state index in [0.29, 0.717) is 18.9 Å². The SMILES string of the molecule is O=C(CCc1ccccc1)COC/C=C/CCl. The molecule has 0 saturated carbocycles. The van der Waals surface area contributed by atoms with Crippen LogP contribution in [0.15, 0.2) is 42.5 Å². The Balaban J connectivity index is 2.11. The molecule has 1 aromatic carbocycles. The van der Waals surface area contributed by atoms with Gasteiger partial charge in [0, 0.05) is 12.3 Å². The molecule has 0 fully saturated rings. The Morgan fingerprint density at radius 1 is 1.24 bits per heavy atom. The van der Waals surface area contributed by atoms with Crippen LogP contribution >= 0.6 is 11.6 Å². The fourth-order valence-corrected chi connectivity index (χ4v) is 1.50. The summed E-state index contributed by atoms with van der Waals surface area (Å²) in [7, 11) is 0. The predicted molar refractivity (Wildman–Crippen MR) is 70.4 cm³/mol. The standard InChI is InChI=1S/C14H17ClO2/c15-10-4-5-11-17-12-14(16)9-8-13-6-2-1-3-7-13/h1-7H,8-12H2/b5-4+. The number of carbonyl (C=O) groups is 1. The maximum atomic E-state index is 11.5. The second kappa shape index (κ2) is 8.97. The number of allylic oxidation sites excluding steroid dienone is 1. The summed E-state index contributed by atoms with van der Waals surface area (Å²) >= 11 is 5.45. The lowest BCUT2D eigenvalue weighted by molar-refractivity contribution is -0.123. The highest BCUT2D eigenvalue weighted by Gasteiger charge is 2.01. The van der Waals surface area contributed by atoms with Crippen molar-refractivity contribution in [1.29, 1.82) is 0 Å². The molecular formula is C14H17ClO2. The molecule has 0 aliphatic rings. The lowest BCUT2D eigenvalue weighted by Crippen LogP contribution is -2.09. The highest BCUT2D eigenvalue weighted by Crippen LogP contribution is 2.02. The summed E-state index contributed by atoms with van der Waals surface area (Å²) in [5, 5.41) is 0. The van der Waals surface area contributed by atoms with Gasteiger partial charge in [-0.2, -0.15) is 0 Å². The van der Waals surface area contributed by atoms with E-state index in [0.717, 1.165) is 6.42 Å². The first-order valence-electron chi connectivity index (χ1n) is 5.67. The van der Waals surface area contributed by atoms with Crippen molar-refractivity contribution in [1.82, 2.24) is 0 Å². The second-order valence-electron chi connectivity index (χ2n) is 3.67. The number of rotatable bonds is 8. The fraction of sp³-hybridized carbons (Fsp3) is 0.357. The van der Waals surface area contributed by atoms with Crippen molar-refractivity contribution >= 4 is 17.4 Å². The molecule has 0 spiro atoms. The lowest BCUT2D eigenvalue weighted by atomic mass is 10.1. The summed E-state index contributed by atoms with van der Waals surface area (Å²) in [6, 6.07) is 9.98. The molecule has 0 aliphatic heterocycles. The van der Waals surface area contributed by atoms with Crippen LogP contribution in [-0.2, 0) is 16.0 Å². The number of halogens is 1. The molecule has 0 bridgehead atoms. The van der Waals surface area contributed by atoms with Crippen LogP contribution in [0.2, 0.25) is 0 Å². The number of hydrogen-bond donors (Lipinski definition) is 0. The molecule has 0 aromatic heterocycles. The lowest BCUT2D eigenvalue weighted by Gasteiger charge is -2.01. The maximum Gasteiger partial charge on any atom is 0.158 e. The van der Waals surface area contributed by atoms with E-state index in [1.54, 1.807) is 6.08 Å². The van der Waals surface area contributed by atoms with Crippen LogP contribution in [0.1, 0.15) is 12.0 Å². The summed E-state index contributed by atoms with van der Waals surface area (Å²) in [4.78, 5) is 11.5. The zero-order chi connectivity index (χ0) is 12.3. The number of ketones is 1. The minimum atomic E-state index is 0.133. The van der Waals surface area contributed by atoms with Gasteiger partial charge in [-0.05, 0) is 12.0 Å². The first-order chi connectivity index (χ1) is 8.33. The molecule has 0 N–H and O–H groups in total. The Hall–Kier alpha value is -1.12. The topological polar surface area (TPSA) is 26.3 Å². The van der Waals surface area contributed by atoms with Gasteiger partial charge in [0.15, 0.2) is 5.78 Å². The molecule has 0 saturated heterocycles. The van der Waals surface area contributed by atoms with Crippen molar-refractivity contribution in [3.8, 4) is 0 Å². The molecule has 0 aliphatic carbocycles. The molecule has 3 heteroatoms. The van der Waals surface area contributed by atoms with Crippen molar-refractivity contribution in [2.75, 3.05) is 19.1 Å². The van der Waals surface area contributed by atoms with Gasteiger partial charge in [-0.3, -0.25) is 4.79 Å². The van der Waals surface area contributed by atoms with Gasteiger partial charge in [0.05, 0.1) is 6.61 Å². The molecule has 0 amide bonds. The van der Waals surface area contributed by atoms with Crippen molar-refractivity contribution < 1.29 is 9.53 Å². The number of Topliss-reactive ketones (excluding diaryl/α,β-unsaturated/α-hetero) is 1. The quantitative estimate of drug-likeness (QED) is 0.404. The smallest absolute Gasteiger partial charge is 0.158 e. The van der Waals surface area contributed by atoms with Crippen LogP contribution in [-0.4, -0.2) is 24.9 Å². The molecule has 0 radical (unpaired) electrons. The van der Waals surface area contributed by atoms with E-state index in [2.05, 4.69) is 0 Å². The Morgan fingerprint density at radius 3 is 2.71 bits per heavy atom. The van der Waals surface area contributed by atoms with E-state index in [-0.39, 0.29) is 12.4 Å². The molecule has 17 heavy (non-hydrogen) atoms. The molecular weight excluding hydrogens is 236 g/mol. The van der Waals surface area contributed by atoms with Crippen LogP contribution in [0.25, 0.3) is 0 Å². The highest BCUT2D eigenvalue weighted by atomic mass is 35.5. The number of ether oxygens (including phenoxy) is 1. The Bertz CT molecular complexity index is 346. The average molecular weight is 253 g/mol. The van der Waals surface area contributed by atoms with Gasteiger partial charge in [-0.25, -0.2) is 0 Å². The molecule has 0 unspecified atom stereocenters. The van der Waals surface area contributed by atoms with E-state index in [1.165, 1.54) is 5.56 Å². The zero-order valence-electron chi connectivity index (χ0n) is 9.77. The van der Waals surface area contributed by atoms with Gasteiger partial charge in [0.1, 0.15) is 6.61 Å². The largest absolute Gasteiger partial charge is 0.370 e. The summed E-state index contributed by atoms with van der Waals surface area (Å²) in [5.41, 5.74) is 1.18. The van der Waals surface area contributed by atoms with Crippen molar-refractivity contribution in [3.05, 3.63) is 48.0 Å². The minimum Gasteiger partial charge on any atom is -0.370 e. The maximum absolute atomic E-state index is 11.5. The van der Waals surface area contributed by atoms with Crippen molar-refractivity contribution in [2.24, 2.45) is 0 Å². The summed E-state index contributed by atoms with van der Waals surface area (Å²) in [6.45, 7) is 0.628. The van der Waals surface area contributed by atoms with E-state index < -0.39 is 0 Å². The van der Waals surface area contributed by atoms with Gasteiger partial charge < -0.3 is 4.74 Å². The third-order valence-corrected chi connectivity index (χ3v) is 2.45. The Labute approximate surface area is 107 Å². The van der Waals surface area contributed by atoms with E-state index >= 15 is 0 Å². The molecule has 2 nitrogen and oxygen atoms in total. The van der Waals surface area contributed by atoms with Gasteiger partial charge in [0.2, 0.25) is 0 Å². The van der Waals surface area contributed by atoms with Crippen LogP contribution < -0.4 is 0 Å². The van der Waals surface area contributed by atoms with Crippen LogP contribution in [0.3, 0.4) is 0 Å². The second-order valence-corrected chi connectivity index (χ2v) is 3.97. The number of aryl methyl sites for hydroxylation is 1. The van der Waals surface area contributed by atoms with E-state index in [4.69, 9.17) is 16.3 Å². The summed E-state index contributed by atoms with van der Waals surface area (Å²) < 4.78 is 5.19. The number of carbonyl (C=O) groups excluding carboxylic acids is 1. The van der Waals surface area contributed by atoms with Gasteiger partial charge in [-0.15, -0.1) is 11.6 Å². The Kier molecular flexibility index (Phi) is 7.35. The van der Waals surface area contributed by atoms with Crippen LogP contribution in [0.5, 0.6) is 0 Å². The zero-order valence-corrected chi connectivity index (χ0v) is 10.5. The molecule has 1 aromatic rings. The number of hydrogen-bond acceptors (Lipinski definition) is 2. The van der Waals surface area contributed by atoms with E-state index in [1.807, 2.05) is 36.4 Å². The van der Waals surface area contributed by atoms with Crippen molar-refractivity contribution in [2.45, 2.75) is 12.8 Å². The first-order valence-corrected chi connectivity index (χ1v) is 6.20. The normalized spacial score (nSPS) is 10.9. The molecule has 0 heterocycles. The van der Waals surface area contributed by atoms with Gasteiger partial charge >= 0.3 is 0 Å². The third-order valence-electron chi connectivity index (χ3n) is 2.27. The number of alkyl halides is 1. The average Bonchev–Trinajstić information content (AvgIpc) is 2.37. The fourth-order valence-electron chi connectivity index (χ4n) is 1.37. The molecule has 92 valence electrons. The molecule has 1 rings (SSSR count). The van der Waals surface area contributed by atoms with Crippen molar-refractivity contribution in [3.63, 3.8) is 0 Å². The molecule has 0 atom stereocenters. The number of benzene rings is 1. The summed E-state index contributed by atoms with van der Waals surface area (Å²) in [6.07, 6.45) is 4.93. The monoisotopic (exact) mass is 252 g/mol. The predicted octanol–water partition coefficient (Wildman–Crippen LogP) is 3.00. The van der Waals surface area contributed by atoms with Crippen LogP contribution in [0, 0.1) is 0 Å². The Morgan fingerprint density at radius 2 is 2.00 bits per heavy atom. The summed E-state index contributed by atoms with van der Waals surface area (Å²) in [5.74, 6) is 0.610. The van der Waals surface area contributed by atoms with Crippen LogP contribution in [0.4, 0.5) is 0 Å². The van der Waals surface area contributed by atoms with Gasteiger partial charge in [-0.1, -0.05) is 42.5 Å². The minimum absolute atomic E-state index is 0.133. The van der Waals surface area contributed by atoms with E-state index in [9.17, 15) is 4.79 Å². The first kappa shape index (κ1) is 13.9.